The zero-order valence-electron chi connectivity index (χ0n) is 15.9. The minimum Gasteiger partial charge on any atom is -0.354 e. The van der Waals surface area contributed by atoms with E-state index in [2.05, 4.69) is 27.1 Å². The Labute approximate surface area is 160 Å². The van der Waals surface area contributed by atoms with Crippen molar-refractivity contribution in [3.63, 3.8) is 0 Å². The molecule has 2 aromatic rings. The highest BCUT2D eigenvalue weighted by atomic mass is 19.1. The van der Waals surface area contributed by atoms with Crippen LogP contribution in [0.25, 0.3) is 0 Å². The maximum absolute atomic E-state index is 13.8. The summed E-state index contributed by atoms with van der Waals surface area (Å²) in [7, 11) is 0. The Balaban J connectivity index is 1.50. The van der Waals surface area contributed by atoms with Gasteiger partial charge in [-0.3, -0.25) is 4.90 Å². The summed E-state index contributed by atoms with van der Waals surface area (Å²) in [6.45, 7) is 5.79. The number of anilines is 1. The van der Waals surface area contributed by atoms with Gasteiger partial charge in [-0.15, -0.1) is 0 Å². The van der Waals surface area contributed by atoms with E-state index in [0.29, 0.717) is 18.3 Å². The summed E-state index contributed by atoms with van der Waals surface area (Å²) in [6.07, 6.45) is 8.29. The lowest BCUT2D eigenvalue weighted by molar-refractivity contribution is 0.161. The maximum Gasteiger partial charge on any atom is 0.222 e. The topological polar surface area (TPSA) is 41.1 Å². The molecule has 0 bridgehead atoms. The molecule has 0 radical (unpaired) electrons. The molecule has 1 fully saturated rings. The highest BCUT2D eigenvalue weighted by molar-refractivity contribution is 5.24. The Hall–Kier alpha value is -2.08. The molecule has 27 heavy (non-hydrogen) atoms. The summed E-state index contributed by atoms with van der Waals surface area (Å²) < 4.78 is 27.6. The Morgan fingerprint density at radius 1 is 1.19 bits per heavy atom. The van der Waals surface area contributed by atoms with Crippen molar-refractivity contribution in [2.75, 3.05) is 25.0 Å². The van der Waals surface area contributed by atoms with Crippen molar-refractivity contribution in [3.8, 4) is 0 Å². The van der Waals surface area contributed by atoms with Gasteiger partial charge in [0.25, 0.3) is 0 Å². The maximum atomic E-state index is 13.8. The fourth-order valence-electron chi connectivity index (χ4n) is 3.67. The van der Waals surface area contributed by atoms with Crippen molar-refractivity contribution in [3.05, 3.63) is 53.4 Å². The van der Waals surface area contributed by atoms with Crippen LogP contribution in [-0.4, -0.2) is 34.5 Å². The number of rotatable bonds is 8. The van der Waals surface area contributed by atoms with Crippen LogP contribution in [0.2, 0.25) is 0 Å². The van der Waals surface area contributed by atoms with Crippen LogP contribution in [0, 0.1) is 17.6 Å². The van der Waals surface area contributed by atoms with Crippen molar-refractivity contribution in [2.24, 2.45) is 5.92 Å². The van der Waals surface area contributed by atoms with Crippen LogP contribution < -0.4 is 5.32 Å². The largest absolute Gasteiger partial charge is 0.354 e. The third-order valence-corrected chi connectivity index (χ3v) is 5.11. The number of likely N-dealkylation sites (tertiary alicyclic amines) is 1. The Kier molecular flexibility index (Phi) is 7.10. The normalized spacial score (nSPS) is 17.8. The number of aromatic nitrogens is 2. The van der Waals surface area contributed by atoms with Crippen molar-refractivity contribution < 1.29 is 8.78 Å². The first kappa shape index (κ1) is 19.7. The lowest BCUT2D eigenvalue weighted by atomic mass is 9.91. The second-order valence-corrected chi connectivity index (χ2v) is 7.32. The van der Waals surface area contributed by atoms with Crippen LogP contribution >= 0.6 is 0 Å². The van der Waals surface area contributed by atoms with E-state index in [4.69, 9.17) is 0 Å². The molecule has 2 heterocycles. The lowest BCUT2D eigenvalue weighted by Crippen LogP contribution is -2.35. The minimum absolute atomic E-state index is 0.221. The number of halogens is 2. The second kappa shape index (κ2) is 9.74. The number of hydrogen-bond donors (Lipinski definition) is 1. The average molecular weight is 374 g/mol. The predicted octanol–water partition coefficient (Wildman–Crippen LogP) is 4.42. The van der Waals surface area contributed by atoms with Gasteiger partial charge in [0, 0.05) is 43.2 Å². The molecule has 1 aliphatic rings. The summed E-state index contributed by atoms with van der Waals surface area (Å²) in [5.41, 5.74) is 1.32. The van der Waals surface area contributed by atoms with E-state index in [9.17, 15) is 8.78 Å². The van der Waals surface area contributed by atoms with Crippen LogP contribution in [0.3, 0.4) is 0 Å². The third kappa shape index (κ3) is 5.70. The molecule has 6 heteroatoms. The van der Waals surface area contributed by atoms with Crippen molar-refractivity contribution in [1.29, 1.82) is 0 Å². The molecule has 3 rings (SSSR count). The van der Waals surface area contributed by atoms with Gasteiger partial charge >= 0.3 is 0 Å². The quantitative estimate of drug-likeness (QED) is 0.743. The third-order valence-electron chi connectivity index (χ3n) is 5.11. The van der Waals surface area contributed by atoms with Gasteiger partial charge in [0.2, 0.25) is 5.95 Å². The fraction of sp³-hybridized carbons (Fsp3) is 0.524. The zero-order valence-corrected chi connectivity index (χ0v) is 15.9. The van der Waals surface area contributed by atoms with Crippen molar-refractivity contribution in [1.82, 2.24) is 14.9 Å². The van der Waals surface area contributed by atoms with Crippen LogP contribution in [0.1, 0.15) is 43.7 Å². The summed E-state index contributed by atoms with van der Waals surface area (Å²) in [4.78, 5) is 11.1. The van der Waals surface area contributed by atoms with Crippen LogP contribution in [-0.2, 0) is 13.0 Å². The molecule has 1 aromatic heterocycles. The standard InChI is InChI=1S/C21H28F2N4/c1-2-10-24-21-25-12-17(13-26-21)15-27-11-4-5-16(14-27)8-9-18-19(22)6-3-7-20(18)23/h3,6-7,12-13,16H,2,4-5,8-11,14-15H2,1H3,(H,24,25,26)/t16-/m0/s1. The van der Waals surface area contributed by atoms with Gasteiger partial charge in [-0.1, -0.05) is 13.0 Å². The Morgan fingerprint density at radius 2 is 1.93 bits per heavy atom. The molecule has 0 amide bonds. The summed E-state index contributed by atoms with van der Waals surface area (Å²) in [5, 5.41) is 3.18. The highest BCUT2D eigenvalue weighted by Crippen LogP contribution is 2.24. The first-order chi connectivity index (χ1) is 13.2. The average Bonchev–Trinajstić information content (AvgIpc) is 2.67. The monoisotopic (exact) mass is 374 g/mol. The van der Waals surface area contributed by atoms with E-state index < -0.39 is 11.6 Å². The predicted molar refractivity (Wildman–Crippen MR) is 103 cm³/mol. The van der Waals surface area contributed by atoms with Crippen LogP contribution in [0.15, 0.2) is 30.6 Å². The molecule has 1 aromatic carbocycles. The highest BCUT2D eigenvalue weighted by Gasteiger charge is 2.21. The summed E-state index contributed by atoms with van der Waals surface area (Å²) in [5.74, 6) is 0.265. The van der Waals surface area contributed by atoms with E-state index in [0.717, 1.165) is 57.4 Å². The minimum atomic E-state index is -0.434. The van der Waals surface area contributed by atoms with E-state index in [1.54, 1.807) is 0 Å². The molecule has 1 saturated heterocycles. The van der Waals surface area contributed by atoms with E-state index in [1.807, 2.05) is 12.4 Å². The molecule has 1 N–H and O–H groups in total. The molecule has 0 saturated carbocycles. The van der Waals surface area contributed by atoms with Gasteiger partial charge in [-0.25, -0.2) is 18.7 Å². The first-order valence-corrected chi connectivity index (χ1v) is 9.85. The number of nitrogens with zero attached hydrogens (tertiary/aromatic N) is 3. The molecule has 0 unspecified atom stereocenters. The van der Waals surface area contributed by atoms with Gasteiger partial charge in [-0.2, -0.15) is 0 Å². The van der Waals surface area contributed by atoms with Gasteiger partial charge < -0.3 is 5.32 Å². The van der Waals surface area contributed by atoms with E-state index >= 15 is 0 Å². The molecule has 4 nitrogen and oxygen atoms in total. The smallest absolute Gasteiger partial charge is 0.222 e. The van der Waals surface area contributed by atoms with Crippen molar-refractivity contribution in [2.45, 2.75) is 45.6 Å². The summed E-state index contributed by atoms with van der Waals surface area (Å²) >= 11 is 0. The van der Waals surface area contributed by atoms with Crippen molar-refractivity contribution >= 4 is 5.95 Å². The number of hydrogen-bond acceptors (Lipinski definition) is 4. The van der Waals surface area contributed by atoms with Gasteiger partial charge in [0.1, 0.15) is 11.6 Å². The van der Waals surface area contributed by atoms with Gasteiger partial charge in [-0.05, 0) is 56.7 Å². The molecule has 146 valence electrons. The number of benzene rings is 1. The molecule has 1 aliphatic heterocycles. The molecule has 1 atom stereocenters. The second-order valence-electron chi connectivity index (χ2n) is 7.32. The van der Waals surface area contributed by atoms with E-state index in [-0.39, 0.29) is 5.56 Å². The van der Waals surface area contributed by atoms with E-state index in [1.165, 1.54) is 18.2 Å². The zero-order chi connectivity index (χ0) is 19.1. The molecule has 0 aliphatic carbocycles. The Bertz CT molecular complexity index is 700. The van der Waals surface area contributed by atoms with Gasteiger partial charge in [0.05, 0.1) is 0 Å². The molecule has 0 spiro atoms. The first-order valence-electron chi connectivity index (χ1n) is 9.85. The Morgan fingerprint density at radius 3 is 2.63 bits per heavy atom. The fourth-order valence-corrected chi connectivity index (χ4v) is 3.67. The van der Waals surface area contributed by atoms with Gasteiger partial charge in [0.15, 0.2) is 0 Å². The number of nitrogens with one attached hydrogen (secondary N) is 1. The SMILES string of the molecule is CCCNc1ncc(CN2CCC[C@@H](CCc3c(F)cccc3F)C2)cn1. The van der Waals surface area contributed by atoms with Crippen LogP contribution in [0.4, 0.5) is 14.7 Å². The molecular formula is C21H28F2N4. The summed E-state index contributed by atoms with van der Waals surface area (Å²) in [6, 6.07) is 4.09. The lowest BCUT2D eigenvalue weighted by Gasteiger charge is -2.32. The van der Waals surface area contributed by atoms with Crippen LogP contribution in [0.5, 0.6) is 0 Å². The molecular weight excluding hydrogens is 346 g/mol. The number of piperidine rings is 1.